The second kappa shape index (κ2) is 8.05. The lowest BCUT2D eigenvalue weighted by molar-refractivity contribution is 0.367. The second-order valence-corrected chi connectivity index (χ2v) is 6.25. The zero-order valence-corrected chi connectivity index (χ0v) is 15.6. The van der Waals surface area contributed by atoms with E-state index in [0.717, 1.165) is 11.1 Å². The van der Waals surface area contributed by atoms with Crippen molar-refractivity contribution in [2.24, 2.45) is 0 Å². The number of para-hydroxylation sites is 1. The minimum atomic E-state index is -0.329. The molecule has 0 saturated carbocycles. The van der Waals surface area contributed by atoms with E-state index >= 15 is 0 Å². The van der Waals surface area contributed by atoms with Crippen molar-refractivity contribution in [3.63, 3.8) is 0 Å². The van der Waals surface area contributed by atoms with Crippen LogP contribution in [0.15, 0.2) is 70.0 Å². The molecule has 0 bridgehead atoms. The molecule has 7 nitrogen and oxygen atoms in total. The monoisotopic (exact) mass is 392 g/mol. The number of hydrogen-bond donors (Lipinski definition) is 0. The molecule has 0 amide bonds. The van der Waals surface area contributed by atoms with Crippen LogP contribution < -0.4 is 10.3 Å². The zero-order chi connectivity index (χ0) is 20.2. The molecule has 2 aromatic heterocycles. The molecule has 0 radical (unpaired) electrons. The SMILES string of the molecule is COc1ccccc1-c1noc(CCn2nc(-c3ccc(F)cc3)ccc2=O)n1. The van der Waals surface area contributed by atoms with Crippen molar-refractivity contribution in [3.05, 3.63) is 82.7 Å². The van der Waals surface area contributed by atoms with Crippen molar-refractivity contribution in [2.45, 2.75) is 13.0 Å². The summed E-state index contributed by atoms with van der Waals surface area (Å²) in [6, 6.07) is 16.3. The largest absolute Gasteiger partial charge is 0.496 e. The number of halogens is 1. The highest BCUT2D eigenvalue weighted by Crippen LogP contribution is 2.27. The Kier molecular flexibility index (Phi) is 5.15. The maximum absolute atomic E-state index is 13.1. The molecule has 0 spiro atoms. The van der Waals surface area contributed by atoms with Gasteiger partial charge in [0.25, 0.3) is 5.56 Å². The summed E-state index contributed by atoms with van der Waals surface area (Å²) in [4.78, 5) is 16.5. The fraction of sp³-hybridized carbons (Fsp3) is 0.143. The van der Waals surface area contributed by atoms with Gasteiger partial charge in [-0.2, -0.15) is 10.1 Å². The van der Waals surface area contributed by atoms with Crippen molar-refractivity contribution >= 4 is 0 Å². The van der Waals surface area contributed by atoms with Gasteiger partial charge in [0.15, 0.2) is 0 Å². The normalized spacial score (nSPS) is 10.8. The van der Waals surface area contributed by atoms with E-state index < -0.39 is 0 Å². The summed E-state index contributed by atoms with van der Waals surface area (Å²) >= 11 is 0. The molecular formula is C21H17FN4O3. The molecule has 2 heterocycles. The highest BCUT2D eigenvalue weighted by atomic mass is 19.1. The highest BCUT2D eigenvalue weighted by Gasteiger charge is 2.13. The summed E-state index contributed by atoms with van der Waals surface area (Å²) in [6.07, 6.45) is 0.335. The molecule has 4 aromatic rings. The first-order valence-electron chi connectivity index (χ1n) is 8.94. The van der Waals surface area contributed by atoms with E-state index in [0.29, 0.717) is 29.6 Å². The first-order valence-corrected chi connectivity index (χ1v) is 8.94. The average molecular weight is 392 g/mol. The molecule has 0 unspecified atom stereocenters. The van der Waals surface area contributed by atoms with Crippen LogP contribution in [0.3, 0.4) is 0 Å². The molecule has 2 aromatic carbocycles. The van der Waals surface area contributed by atoms with Crippen molar-refractivity contribution in [3.8, 4) is 28.4 Å². The number of hydrogen-bond acceptors (Lipinski definition) is 6. The summed E-state index contributed by atoms with van der Waals surface area (Å²) in [5.74, 6) is 1.11. The first kappa shape index (κ1) is 18.5. The topological polar surface area (TPSA) is 83.0 Å². The molecule has 0 fully saturated rings. The van der Waals surface area contributed by atoms with Crippen LogP contribution in [0.2, 0.25) is 0 Å². The molecule has 0 atom stereocenters. The van der Waals surface area contributed by atoms with Crippen LogP contribution in [0.5, 0.6) is 5.75 Å². The Labute approximate surface area is 165 Å². The zero-order valence-electron chi connectivity index (χ0n) is 15.6. The van der Waals surface area contributed by atoms with Gasteiger partial charge in [0.1, 0.15) is 11.6 Å². The lowest BCUT2D eigenvalue weighted by Crippen LogP contribution is -2.23. The predicted molar refractivity (Wildman–Crippen MR) is 104 cm³/mol. The Morgan fingerprint density at radius 1 is 1.07 bits per heavy atom. The third-order valence-corrected chi connectivity index (χ3v) is 4.36. The molecule has 0 aliphatic carbocycles. The van der Waals surface area contributed by atoms with Crippen LogP contribution in [0.4, 0.5) is 4.39 Å². The fourth-order valence-corrected chi connectivity index (χ4v) is 2.88. The van der Waals surface area contributed by atoms with Gasteiger partial charge in [-0.15, -0.1) is 0 Å². The van der Waals surface area contributed by atoms with Crippen molar-refractivity contribution < 1.29 is 13.7 Å². The third kappa shape index (κ3) is 4.06. The van der Waals surface area contributed by atoms with E-state index in [2.05, 4.69) is 15.2 Å². The molecule has 0 saturated heterocycles. The minimum Gasteiger partial charge on any atom is -0.496 e. The van der Waals surface area contributed by atoms with Crippen LogP contribution in [-0.4, -0.2) is 27.0 Å². The number of rotatable bonds is 6. The van der Waals surface area contributed by atoms with E-state index in [1.807, 2.05) is 24.3 Å². The summed E-state index contributed by atoms with van der Waals surface area (Å²) in [7, 11) is 1.58. The summed E-state index contributed by atoms with van der Waals surface area (Å²) < 4.78 is 25.1. The number of methoxy groups -OCH3 is 1. The van der Waals surface area contributed by atoms with Gasteiger partial charge in [-0.25, -0.2) is 9.07 Å². The van der Waals surface area contributed by atoms with Crippen LogP contribution in [0, 0.1) is 5.82 Å². The van der Waals surface area contributed by atoms with E-state index in [4.69, 9.17) is 9.26 Å². The van der Waals surface area contributed by atoms with Gasteiger partial charge in [0, 0.05) is 18.1 Å². The second-order valence-electron chi connectivity index (χ2n) is 6.25. The summed E-state index contributed by atoms with van der Waals surface area (Å²) in [6.45, 7) is 0.265. The standard InChI is InChI=1S/C21H17FN4O3/c1-28-18-5-3-2-4-16(18)21-23-19(29-25-21)12-13-26-20(27)11-10-17(24-26)14-6-8-15(22)9-7-14/h2-11H,12-13H2,1H3. The van der Waals surface area contributed by atoms with Crippen LogP contribution in [0.1, 0.15) is 5.89 Å². The van der Waals surface area contributed by atoms with Gasteiger partial charge in [-0.05, 0) is 42.5 Å². The third-order valence-electron chi connectivity index (χ3n) is 4.36. The smallest absolute Gasteiger partial charge is 0.266 e. The maximum atomic E-state index is 13.1. The predicted octanol–water partition coefficient (Wildman–Crippen LogP) is 3.35. The lowest BCUT2D eigenvalue weighted by Gasteiger charge is -2.06. The van der Waals surface area contributed by atoms with E-state index in [1.165, 1.54) is 22.9 Å². The first-order chi connectivity index (χ1) is 14.1. The quantitative estimate of drug-likeness (QED) is 0.500. The number of aromatic nitrogens is 4. The van der Waals surface area contributed by atoms with Gasteiger partial charge in [-0.3, -0.25) is 4.79 Å². The van der Waals surface area contributed by atoms with Crippen LogP contribution in [0.25, 0.3) is 22.6 Å². The molecule has 8 heteroatoms. The maximum Gasteiger partial charge on any atom is 0.266 e. The van der Waals surface area contributed by atoms with Gasteiger partial charge in [0.05, 0.1) is 24.9 Å². The van der Waals surface area contributed by atoms with Crippen molar-refractivity contribution in [1.82, 2.24) is 19.9 Å². The number of aryl methyl sites for hydroxylation is 2. The summed E-state index contributed by atoms with van der Waals surface area (Å²) in [5, 5.41) is 8.35. The number of benzene rings is 2. The molecule has 0 N–H and O–H groups in total. The van der Waals surface area contributed by atoms with Crippen molar-refractivity contribution in [2.75, 3.05) is 7.11 Å². The highest BCUT2D eigenvalue weighted by molar-refractivity contribution is 5.63. The van der Waals surface area contributed by atoms with E-state index in [-0.39, 0.29) is 17.9 Å². The van der Waals surface area contributed by atoms with Gasteiger partial charge in [0.2, 0.25) is 11.7 Å². The van der Waals surface area contributed by atoms with Crippen molar-refractivity contribution in [1.29, 1.82) is 0 Å². The molecule has 29 heavy (non-hydrogen) atoms. The number of ether oxygens (including phenoxy) is 1. The Bertz CT molecular complexity index is 1190. The van der Waals surface area contributed by atoms with E-state index in [1.54, 1.807) is 25.3 Å². The molecule has 0 aliphatic rings. The Morgan fingerprint density at radius 2 is 1.86 bits per heavy atom. The average Bonchev–Trinajstić information content (AvgIpc) is 3.22. The van der Waals surface area contributed by atoms with E-state index in [9.17, 15) is 9.18 Å². The molecule has 0 aliphatic heterocycles. The Balaban J connectivity index is 1.52. The molecule has 4 rings (SSSR count). The summed E-state index contributed by atoms with van der Waals surface area (Å²) in [5.41, 5.74) is 1.76. The molecule has 146 valence electrons. The van der Waals surface area contributed by atoms with Crippen LogP contribution >= 0.6 is 0 Å². The Morgan fingerprint density at radius 3 is 2.66 bits per heavy atom. The van der Waals surface area contributed by atoms with Gasteiger partial charge >= 0.3 is 0 Å². The Hall–Kier alpha value is -3.81. The lowest BCUT2D eigenvalue weighted by atomic mass is 10.1. The fourth-order valence-electron chi connectivity index (χ4n) is 2.88. The molecular weight excluding hydrogens is 375 g/mol. The van der Waals surface area contributed by atoms with Gasteiger partial charge < -0.3 is 9.26 Å². The minimum absolute atomic E-state index is 0.250. The van der Waals surface area contributed by atoms with Gasteiger partial charge in [-0.1, -0.05) is 17.3 Å². The number of nitrogens with zero attached hydrogens (tertiary/aromatic N) is 4. The van der Waals surface area contributed by atoms with Crippen LogP contribution in [-0.2, 0) is 13.0 Å².